The molecule has 4 rings (SSSR count). The highest BCUT2D eigenvalue weighted by Gasteiger charge is 2.39. The van der Waals surface area contributed by atoms with Crippen LogP contribution in [0.15, 0.2) is 95.1 Å². The molecule has 180 valence electrons. The van der Waals surface area contributed by atoms with Crippen molar-refractivity contribution in [1.82, 2.24) is 0 Å². The first-order chi connectivity index (χ1) is 17.4. The van der Waals surface area contributed by atoms with E-state index in [4.69, 9.17) is 11.6 Å². The predicted molar refractivity (Wildman–Crippen MR) is 146 cm³/mol. The zero-order valence-corrected chi connectivity index (χ0v) is 21.4. The third-order valence-electron chi connectivity index (χ3n) is 5.96. The van der Waals surface area contributed by atoms with E-state index in [0.29, 0.717) is 38.2 Å². The van der Waals surface area contributed by atoms with Crippen LogP contribution < -0.4 is 5.32 Å². The summed E-state index contributed by atoms with van der Waals surface area (Å²) in [5.41, 5.74) is 3.86. The lowest BCUT2D eigenvalue weighted by molar-refractivity contribution is -0.113. The minimum absolute atomic E-state index is 0.0528. The number of ketones is 1. The van der Waals surface area contributed by atoms with Crippen LogP contribution in [0.3, 0.4) is 0 Å². The Morgan fingerprint density at radius 1 is 1.00 bits per heavy atom. The van der Waals surface area contributed by atoms with Crippen LogP contribution in [0.25, 0.3) is 0 Å². The SMILES string of the molecule is CC1=C(C(=O)Nc2ccccc2)[C@@H](c2ccccc2Cl)C(C#N)C(SCC(=O)c2ccc(C)cc2)=N1. The van der Waals surface area contributed by atoms with Gasteiger partial charge in [0.05, 0.1) is 16.9 Å². The minimum Gasteiger partial charge on any atom is -0.322 e. The molecule has 0 radical (unpaired) electrons. The second-order valence-corrected chi connectivity index (χ2v) is 9.86. The molecule has 3 aromatic rings. The molecule has 0 fully saturated rings. The number of nitrogens with one attached hydrogen (secondary N) is 1. The summed E-state index contributed by atoms with van der Waals surface area (Å²) in [4.78, 5) is 30.9. The minimum atomic E-state index is -0.777. The highest BCUT2D eigenvalue weighted by Crippen LogP contribution is 2.43. The second-order valence-electron chi connectivity index (χ2n) is 8.45. The summed E-state index contributed by atoms with van der Waals surface area (Å²) in [5, 5.41) is 14.1. The van der Waals surface area contributed by atoms with E-state index in [-0.39, 0.29) is 17.4 Å². The van der Waals surface area contributed by atoms with E-state index in [0.717, 1.165) is 5.56 Å². The molecular weight excluding hydrogens is 490 g/mol. The van der Waals surface area contributed by atoms with E-state index in [1.807, 2.05) is 49.4 Å². The average Bonchev–Trinajstić information content (AvgIpc) is 2.88. The number of Topliss-reactive ketones (excluding diaryl/α,β-unsaturated/α-hetero) is 1. The van der Waals surface area contributed by atoms with Gasteiger partial charge < -0.3 is 5.32 Å². The molecule has 7 heteroatoms. The van der Waals surface area contributed by atoms with Crippen LogP contribution in [0.5, 0.6) is 0 Å². The van der Waals surface area contributed by atoms with Crippen molar-refractivity contribution in [3.05, 3.63) is 112 Å². The molecule has 0 saturated heterocycles. The van der Waals surface area contributed by atoms with Crippen molar-refractivity contribution in [3.63, 3.8) is 0 Å². The standard InChI is InChI=1S/C29H24ClN3O2S/c1-18-12-14-20(15-13-18)25(34)17-36-29-23(16-31)27(22-10-6-7-11-24(22)30)26(19(2)32-29)28(35)33-21-8-4-3-5-9-21/h3-15,23,27H,17H2,1-2H3,(H,33,35)/t23?,27-/m0/s1. The number of nitriles is 1. The number of hydrogen-bond acceptors (Lipinski definition) is 5. The molecule has 5 nitrogen and oxygen atoms in total. The number of hydrogen-bond donors (Lipinski definition) is 1. The summed E-state index contributed by atoms with van der Waals surface area (Å²) in [6.07, 6.45) is 0. The van der Waals surface area contributed by atoms with E-state index in [1.165, 1.54) is 11.8 Å². The number of benzene rings is 3. The predicted octanol–water partition coefficient (Wildman–Crippen LogP) is 6.81. The third-order valence-corrected chi connectivity index (χ3v) is 7.35. The molecule has 2 atom stereocenters. The molecular formula is C29H24ClN3O2S. The van der Waals surface area contributed by atoms with Gasteiger partial charge in [0.2, 0.25) is 0 Å². The van der Waals surface area contributed by atoms with Crippen LogP contribution in [0.1, 0.15) is 34.3 Å². The molecule has 1 amide bonds. The van der Waals surface area contributed by atoms with E-state index < -0.39 is 11.8 Å². The number of nitrogens with zero attached hydrogens (tertiary/aromatic N) is 2. The van der Waals surface area contributed by atoms with Crippen molar-refractivity contribution >= 4 is 45.8 Å². The number of aliphatic imine (C=N–C) groups is 1. The molecule has 36 heavy (non-hydrogen) atoms. The highest BCUT2D eigenvalue weighted by atomic mass is 35.5. The lowest BCUT2D eigenvalue weighted by Crippen LogP contribution is -2.31. The normalized spacial score (nSPS) is 17.2. The van der Waals surface area contributed by atoms with Gasteiger partial charge in [-0.1, -0.05) is 77.8 Å². The van der Waals surface area contributed by atoms with Gasteiger partial charge in [0.1, 0.15) is 5.92 Å². The molecule has 1 aliphatic rings. The Labute approximate surface area is 219 Å². The number of para-hydroxylation sites is 1. The van der Waals surface area contributed by atoms with Crippen molar-refractivity contribution in [2.45, 2.75) is 19.8 Å². The lowest BCUT2D eigenvalue weighted by atomic mass is 9.78. The van der Waals surface area contributed by atoms with Crippen LogP contribution in [-0.2, 0) is 4.79 Å². The molecule has 1 unspecified atom stereocenters. The fourth-order valence-corrected chi connectivity index (χ4v) is 5.40. The van der Waals surface area contributed by atoms with Gasteiger partial charge in [-0.15, -0.1) is 11.8 Å². The third kappa shape index (κ3) is 5.59. The maximum Gasteiger partial charge on any atom is 0.254 e. The maximum absolute atomic E-state index is 13.5. The Morgan fingerprint density at radius 3 is 2.33 bits per heavy atom. The summed E-state index contributed by atoms with van der Waals surface area (Å²) in [6.45, 7) is 3.71. The first-order valence-corrected chi connectivity index (χ1v) is 12.8. The fourth-order valence-electron chi connectivity index (χ4n) is 4.13. The average molecular weight is 514 g/mol. The lowest BCUT2D eigenvalue weighted by Gasteiger charge is -2.30. The number of carbonyl (C=O) groups excluding carboxylic acids is 2. The van der Waals surface area contributed by atoms with Crippen LogP contribution in [0.4, 0.5) is 5.69 Å². The zero-order valence-electron chi connectivity index (χ0n) is 19.9. The van der Waals surface area contributed by atoms with Crippen molar-refractivity contribution < 1.29 is 9.59 Å². The summed E-state index contributed by atoms with van der Waals surface area (Å²) >= 11 is 7.79. The van der Waals surface area contributed by atoms with E-state index in [2.05, 4.69) is 16.4 Å². The molecule has 1 aliphatic heterocycles. The number of amides is 1. The molecule has 1 heterocycles. The number of rotatable bonds is 6. The second kappa shape index (κ2) is 11.4. The number of aryl methyl sites for hydroxylation is 1. The van der Waals surface area contributed by atoms with Crippen LogP contribution in [0.2, 0.25) is 5.02 Å². The molecule has 3 aromatic carbocycles. The summed E-state index contributed by atoms with van der Waals surface area (Å²) < 4.78 is 0. The molecule has 0 aromatic heterocycles. The fraction of sp³-hybridized carbons (Fsp3) is 0.172. The highest BCUT2D eigenvalue weighted by molar-refractivity contribution is 8.14. The Hall–Kier alpha value is -3.66. The van der Waals surface area contributed by atoms with Crippen LogP contribution in [-0.4, -0.2) is 22.5 Å². The van der Waals surface area contributed by atoms with Gasteiger partial charge in [-0.05, 0) is 37.6 Å². The van der Waals surface area contributed by atoms with Crippen LogP contribution >= 0.6 is 23.4 Å². The van der Waals surface area contributed by atoms with Gasteiger partial charge in [0.25, 0.3) is 5.91 Å². The topological polar surface area (TPSA) is 82.3 Å². The molecule has 0 saturated carbocycles. The van der Waals surface area contributed by atoms with Crippen molar-refractivity contribution in [1.29, 1.82) is 5.26 Å². The van der Waals surface area contributed by atoms with Gasteiger partial charge in [-0.3, -0.25) is 9.59 Å². The zero-order chi connectivity index (χ0) is 25.7. The van der Waals surface area contributed by atoms with Gasteiger partial charge in [0.15, 0.2) is 5.78 Å². The van der Waals surface area contributed by atoms with Crippen molar-refractivity contribution in [2.75, 3.05) is 11.1 Å². The quantitative estimate of drug-likeness (QED) is 0.367. The summed E-state index contributed by atoms with van der Waals surface area (Å²) in [6, 6.07) is 26.0. The number of carbonyl (C=O) groups is 2. The molecule has 0 aliphatic carbocycles. The van der Waals surface area contributed by atoms with E-state index in [1.54, 1.807) is 43.3 Å². The number of thioether (sulfide) groups is 1. The Morgan fingerprint density at radius 2 is 1.67 bits per heavy atom. The number of halogens is 1. The monoisotopic (exact) mass is 513 g/mol. The van der Waals surface area contributed by atoms with Gasteiger partial charge in [-0.2, -0.15) is 5.26 Å². The largest absolute Gasteiger partial charge is 0.322 e. The summed E-state index contributed by atoms with van der Waals surface area (Å²) in [5.74, 6) is -1.67. The van der Waals surface area contributed by atoms with E-state index in [9.17, 15) is 14.9 Å². The van der Waals surface area contributed by atoms with Gasteiger partial charge in [-0.25, -0.2) is 4.99 Å². The Balaban J connectivity index is 1.69. The number of allylic oxidation sites excluding steroid dienone is 1. The molecule has 1 N–H and O–H groups in total. The molecule has 0 spiro atoms. The van der Waals surface area contributed by atoms with E-state index >= 15 is 0 Å². The van der Waals surface area contributed by atoms with Crippen molar-refractivity contribution in [3.8, 4) is 6.07 Å². The first-order valence-electron chi connectivity index (χ1n) is 11.4. The molecule has 0 bridgehead atoms. The van der Waals surface area contributed by atoms with Gasteiger partial charge >= 0.3 is 0 Å². The van der Waals surface area contributed by atoms with Gasteiger partial charge in [0, 0.05) is 33.5 Å². The number of anilines is 1. The van der Waals surface area contributed by atoms with Crippen molar-refractivity contribution in [2.24, 2.45) is 10.9 Å². The Bertz CT molecular complexity index is 1390. The Kier molecular flexibility index (Phi) is 8.04. The first kappa shape index (κ1) is 25.4. The maximum atomic E-state index is 13.5. The summed E-state index contributed by atoms with van der Waals surface area (Å²) in [7, 11) is 0. The van der Waals surface area contributed by atoms with Crippen LogP contribution in [0, 0.1) is 24.2 Å². The smallest absolute Gasteiger partial charge is 0.254 e.